The molecule has 21 heavy (non-hydrogen) atoms. The zero-order valence-electron chi connectivity index (χ0n) is 11.3. The van der Waals surface area contributed by atoms with E-state index in [2.05, 4.69) is 16.4 Å². The molecule has 0 fully saturated rings. The van der Waals surface area contributed by atoms with Crippen molar-refractivity contribution in [1.29, 1.82) is 0 Å². The van der Waals surface area contributed by atoms with Gasteiger partial charge in [-0.05, 0) is 31.8 Å². The highest BCUT2D eigenvalue weighted by Gasteiger charge is 2.16. The summed E-state index contributed by atoms with van der Waals surface area (Å²) >= 11 is 6.58. The van der Waals surface area contributed by atoms with Gasteiger partial charge in [0.2, 0.25) is 5.91 Å². The van der Waals surface area contributed by atoms with Crippen LogP contribution in [0, 0.1) is 0 Å². The van der Waals surface area contributed by atoms with Crippen molar-refractivity contribution in [2.75, 3.05) is 11.2 Å². The zero-order valence-corrected chi connectivity index (χ0v) is 12.8. The van der Waals surface area contributed by atoms with Crippen LogP contribution in [0.5, 0.6) is 0 Å². The predicted octanol–water partition coefficient (Wildman–Crippen LogP) is 3.29. The van der Waals surface area contributed by atoms with Crippen LogP contribution in [0.1, 0.15) is 31.4 Å². The number of aromatic nitrogens is 1. The summed E-state index contributed by atoms with van der Waals surface area (Å²) in [6.45, 7) is 0. The van der Waals surface area contributed by atoms with Crippen molar-refractivity contribution in [3.63, 3.8) is 0 Å². The van der Waals surface area contributed by atoms with Crippen molar-refractivity contribution in [2.45, 2.75) is 25.7 Å². The van der Waals surface area contributed by atoms with E-state index in [9.17, 15) is 14.7 Å². The molecule has 1 amide bonds. The lowest BCUT2D eigenvalue weighted by atomic mass is 9.97. The number of hydrogen-bond donors (Lipinski definition) is 2. The van der Waals surface area contributed by atoms with Gasteiger partial charge >= 0.3 is 5.97 Å². The molecular weight excluding hydrogens is 312 g/mol. The number of alkyl halides is 1. The summed E-state index contributed by atoms with van der Waals surface area (Å²) in [4.78, 5) is 26.8. The van der Waals surface area contributed by atoms with Gasteiger partial charge in [0.15, 0.2) is 5.13 Å². The van der Waals surface area contributed by atoms with Crippen molar-refractivity contribution < 1.29 is 14.7 Å². The summed E-state index contributed by atoms with van der Waals surface area (Å²) in [5.74, 6) is -1.56. The quantitative estimate of drug-likeness (QED) is 0.642. The third-order valence-electron chi connectivity index (χ3n) is 3.03. The fraction of sp³-hybridized carbons (Fsp3) is 0.357. The molecule has 1 aliphatic rings. The molecule has 0 radical (unpaired) electrons. The second kappa shape index (κ2) is 7.38. The first-order valence-corrected chi connectivity index (χ1v) is 7.97. The van der Waals surface area contributed by atoms with E-state index in [0.29, 0.717) is 10.8 Å². The van der Waals surface area contributed by atoms with E-state index >= 15 is 0 Å². The predicted molar refractivity (Wildman–Crippen MR) is 83.6 cm³/mol. The Morgan fingerprint density at radius 3 is 2.90 bits per heavy atom. The van der Waals surface area contributed by atoms with Gasteiger partial charge in [0.25, 0.3) is 0 Å². The van der Waals surface area contributed by atoms with Crippen molar-refractivity contribution in [3.05, 3.63) is 28.8 Å². The molecular formula is C14H15ClN2O3S. The SMILES string of the molecule is O=C(CCl)Nc1nc(/C(=C/C2=CCCCC2)C(=O)O)cs1. The Labute approximate surface area is 131 Å². The molecule has 2 rings (SSSR count). The lowest BCUT2D eigenvalue weighted by molar-refractivity contribution is -0.130. The molecule has 5 nitrogen and oxygen atoms in total. The van der Waals surface area contributed by atoms with E-state index in [1.807, 2.05) is 0 Å². The van der Waals surface area contributed by atoms with Crippen molar-refractivity contribution in [1.82, 2.24) is 4.98 Å². The maximum atomic E-state index is 11.4. The maximum Gasteiger partial charge on any atom is 0.337 e. The van der Waals surface area contributed by atoms with Crippen LogP contribution < -0.4 is 5.32 Å². The smallest absolute Gasteiger partial charge is 0.337 e. The van der Waals surface area contributed by atoms with Gasteiger partial charge in [0.1, 0.15) is 5.88 Å². The molecule has 1 aliphatic carbocycles. The van der Waals surface area contributed by atoms with E-state index in [1.54, 1.807) is 11.5 Å². The van der Waals surface area contributed by atoms with Crippen molar-refractivity contribution >= 4 is 45.5 Å². The van der Waals surface area contributed by atoms with Gasteiger partial charge in [0.05, 0.1) is 11.3 Å². The van der Waals surface area contributed by atoms with E-state index in [0.717, 1.165) is 31.3 Å². The summed E-state index contributed by atoms with van der Waals surface area (Å²) in [7, 11) is 0. The van der Waals surface area contributed by atoms with Crippen LogP contribution in [-0.4, -0.2) is 27.8 Å². The largest absolute Gasteiger partial charge is 0.478 e. The summed E-state index contributed by atoms with van der Waals surface area (Å²) in [5, 5.41) is 13.8. The molecule has 112 valence electrons. The molecule has 2 N–H and O–H groups in total. The molecule has 1 aromatic heterocycles. The number of nitrogens with zero attached hydrogens (tertiary/aromatic N) is 1. The number of hydrogen-bond acceptors (Lipinski definition) is 4. The Morgan fingerprint density at radius 1 is 1.48 bits per heavy atom. The molecule has 0 saturated heterocycles. The van der Waals surface area contributed by atoms with E-state index in [1.165, 1.54) is 11.3 Å². The highest BCUT2D eigenvalue weighted by atomic mass is 35.5. The number of carboxylic acid groups (broad SMARTS) is 1. The lowest BCUT2D eigenvalue weighted by Crippen LogP contribution is -2.12. The van der Waals surface area contributed by atoms with Gasteiger partial charge in [-0.25, -0.2) is 9.78 Å². The first kappa shape index (κ1) is 15.7. The normalized spacial score (nSPS) is 15.5. The molecule has 0 unspecified atom stereocenters. The standard InChI is InChI=1S/C14H15ClN2O3S/c15-7-12(18)17-14-16-11(8-21-14)10(13(19)20)6-9-4-2-1-3-5-9/h4,6,8H,1-3,5,7H2,(H,19,20)(H,16,17,18)/b10-6-. The molecule has 1 heterocycles. The molecule has 0 atom stereocenters. The molecule has 0 aromatic carbocycles. The lowest BCUT2D eigenvalue weighted by Gasteiger charge is -2.09. The number of carboxylic acids is 1. The number of allylic oxidation sites excluding steroid dienone is 3. The number of anilines is 1. The molecule has 7 heteroatoms. The third-order valence-corrected chi connectivity index (χ3v) is 4.03. The zero-order chi connectivity index (χ0) is 15.2. The molecule has 0 bridgehead atoms. The Bertz CT molecular complexity index is 607. The number of halogens is 1. The number of thiazole rings is 1. The first-order chi connectivity index (χ1) is 10.1. The van der Waals surface area contributed by atoms with Gasteiger partial charge in [-0.15, -0.1) is 22.9 Å². The molecule has 0 aliphatic heterocycles. The third kappa shape index (κ3) is 4.41. The highest BCUT2D eigenvalue weighted by Crippen LogP contribution is 2.26. The fourth-order valence-electron chi connectivity index (χ4n) is 2.03. The summed E-state index contributed by atoms with van der Waals surface area (Å²) in [6, 6.07) is 0. The van der Waals surface area contributed by atoms with E-state index in [-0.39, 0.29) is 17.4 Å². The molecule has 1 aromatic rings. The van der Waals surface area contributed by atoms with Crippen LogP contribution in [0.25, 0.3) is 5.57 Å². The Kier molecular flexibility index (Phi) is 5.52. The number of amides is 1. The maximum absolute atomic E-state index is 11.4. The van der Waals surface area contributed by atoms with Gasteiger partial charge in [0, 0.05) is 5.38 Å². The number of carbonyl (C=O) groups excluding carboxylic acids is 1. The van der Waals surface area contributed by atoms with Crippen LogP contribution in [0.15, 0.2) is 23.1 Å². The fourth-order valence-corrected chi connectivity index (χ4v) is 2.83. The Balaban J connectivity index is 2.22. The van der Waals surface area contributed by atoms with Gasteiger partial charge < -0.3 is 10.4 Å². The minimum atomic E-state index is -1.03. The van der Waals surface area contributed by atoms with Gasteiger partial charge in [-0.1, -0.05) is 11.6 Å². The van der Waals surface area contributed by atoms with Crippen LogP contribution in [-0.2, 0) is 9.59 Å². The van der Waals surface area contributed by atoms with Crippen molar-refractivity contribution in [2.24, 2.45) is 0 Å². The number of carbonyl (C=O) groups is 2. The minimum Gasteiger partial charge on any atom is -0.478 e. The number of aliphatic carboxylic acids is 1. The first-order valence-electron chi connectivity index (χ1n) is 6.56. The van der Waals surface area contributed by atoms with Crippen molar-refractivity contribution in [3.8, 4) is 0 Å². The monoisotopic (exact) mass is 326 g/mol. The van der Waals surface area contributed by atoms with Crippen LogP contribution in [0.3, 0.4) is 0 Å². The second-order valence-corrected chi connectivity index (χ2v) is 5.73. The van der Waals surface area contributed by atoms with Crippen LogP contribution in [0.4, 0.5) is 5.13 Å². The average Bonchev–Trinajstić information content (AvgIpc) is 2.93. The molecule has 0 saturated carbocycles. The van der Waals surface area contributed by atoms with E-state index in [4.69, 9.17) is 11.6 Å². The highest BCUT2D eigenvalue weighted by molar-refractivity contribution is 7.14. The average molecular weight is 327 g/mol. The van der Waals surface area contributed by atoms with Gasteiger partial charge in [-0.3, -0.25) is 4.79 Å². The van der Waals surface area contributed by atoms with E-state index < -0.39 is 5.97 Å². The number of nitrogens with one attached hydrogen (secondary N) is 1. The summed E-state index contributed by atoms with van der Waals surface area (Å²) in [6.07, 6.45) is 7.82. The summed E-state index contributed by atoms with van der Waals surface area (Å²) < 4.78 is 0. The summed E-state index contributed by atoms with van der Waals surface area (Å²) in [5.41, 5.74) is 1.52. The number of rotatable bonds is 5. The molecule has 0 spiro atoms. The van der Waals surface area contributed by atoms with Gasteiger partial charge in [-0.2, -0.15) is 0 Å². The van der Waals surface area contributed by atoms with Crippen LogP contribution in [0.2, 0.25) is 0 Å². The Hall–Kier alpha value is -1.66. The topological polar surface area (TPSA) is 79.3 Å². The second-order valence-electron chi connectivity index (χ2n) is 4.61. The Morgan fingerprint density at radius 2 is 2.29 bits per heavy atom. The van der Waals surface area contributed by atoms with Crippen LogP contribution >= 0.6 is 22.9 Å². The minimum absolute atomic E-state index is 0.144.